The number of nitrogens with one attached hydrogen (secondary N) is 1. The van der Waals surface area contributed by atoms with Crippen molar-refractivity contribution in [1.82, 2.24) is 15.3 Å². The number of hydrogen-bond donors (Lipinski definition) is 2. The van der Waals surface area contributed by atoms with E-state index < -0.39 is 17.9 Å². The van der Waals surface area contributed by atoms with E-state index in [1.54, 1.807) is 6.07 Å². The summed E-state index contributed by atoms with van der Waals surface area (Å²) >= 11 is 0. The van der Waals surface area contributed by atoms with E-state index in [-0.39, 0.29) is 12.1 Å². The van der Waals surface area contributed by atoms with Crippen molar-refractivity contribution in [3.8, 4) is 0 Å². The smallest absolute Gasteiger partial charge is 0.305 e. The molecule has 0 bridgehead atoms. The number of benzene rings is 1. The molecule has 6 heteroatoms. The Hall–Kier alpha value is -2.50. The van der Waals surface area contributed by atoms with Crippen LogP contribution in [0.25, 0.3) is 11.0 Å². The van der Waals surface area contributed by atoms with Gasteiger partial charge in [-0.3, -0.25) is 14.6 Å². The number of carbonyl (C=O) groups is 2. The Kier molecular flexibility index (Phi) is 4.81. The summed E-state index contributed by atoms with van der Waals surface area (Å²) in [4.78, 5) is 31.4. The molecule has 1 amide bonds. The molecule has 2 rings (SSSR count). The van der Waals surface area contributed by atoms with Gasteiger partial charge in [-0.2, -0.15) is 0 Å². The molecule has 0 aliphatic rings. The number of carbonyl (C=O) groups excluding carboxylic acids is 1. The number of carboxylic acids is 1. The first-order valence-electron chi connectivity index (χ1n) is 6.84. The molecule has 2 aromatic rings. The van der Waals surface area contributed by atoms with Crippen LogP contribution in [-0.4, -0.2) is 33.0 Å². The minimum Gasteiger partial charge on any atom is -0.481 e. The third kappa shape index (κ3) is 3.98. The van der Waals surface area contributed by atoms with Crippen LogP contribution in [0, 0.1) is 0 Å². The molecular formula is C15H17N3O3. The van der Waals surface area contributed by atoms with Crippen molar-refractivity contribution < 1.29 is 14.7 Å². The quantitative estimate of drug-likeness (QED) is 0.847. The Morgan fingerprint density at radius 1 is 1.29 bits per heavy atom. The number of aliphatic carboxylic acids is 1. The number of hydrogen-bond acceptors (Lipinski definition) is 4. The lowest BCUT2D eigenvalue weighted by Crippen LogP contribution is -2.36. The summed E-state index contributed by atoms with van der Waals surface area (Å²) in [6.45, 7) is 1.94. The predicted molar refractivity (Wildman–Crippen MR) is 78.0 cm³/mol. The van der Waals surface area contributed by atoms with Gasteiger partial charge in [-0.05, 0) is 18.6 Å². The van der Waals surface area contributed by atoms with Gasteiger partial charge in [0.2, 0.25) is 0 Å². The lowest BCUT2D eigenvalue weighted by Gasteiger charge is -2.15. The third-order valence-corrected chi connectivity index (χ3v) is 3.07. The molecule has 0 radical (unpaired) electrons. The summed E-state index contributed by atoms with van der Waals surface area (Å²) in [7, 11) is 0. The van der Waals surface area contributed by atoms with Gasteiger partial charge in [-0.25, -0.2) is 4.98 Å². The van der Waals surface area contributed by atoms with Crippen LogP contribution in [0.5, 0.6) is 0 Å². The Labute approximate surface area is 122 Å². The molecule has 1 heterocycles. The van der Waals surface area contributed by atoms with E-state index >= 15 is 0 Å². The van der Waals surface area contributed by atoms with Gasteiger partial charge in [-0.1, -0.05) is 25.5 Å². The maximum atomic E-state index is 12.1. The van der Waals surface area contributed by atoms with E-state index in [0.29, 0.717) is 17.5 Å². The highest BCUT2D eigenvalue weighted by molar-refractivity contribution is 5.94. The standard InChI is InChI=1S/C15H17N3O3/c1-2-5-10(8-14(19)20)17-15(21)13-9-16-11-6-3-4-7-12(11)18-13/h3-4,6-7,9-10H,2,5,8H2,1H3,(H,17,21)(H,19,20). The van der Waals surface area contributed by atoms with Crippen molar-refractivity contribution in [2.75, 3.05) is 0 Å². The van der Waals surface area contributed by atoms with Crippen LogP contribution < -0.4 is 5.32 Å². The molecule has 0 saturated heterocycles. The van der Waals surface area contributed by atoms with E-state index in [9.17, 15) is 9.59 Å². The summed E-state index contributed by atoms with van der Waals surface area (Å²) in [6, 6.07) is 6.87. The molecule has 1 aromatic heterocycles. The van der Waals surface area contributed by atoms with E-state index in [1.165, 1.54) is 6.20 Å². The molecule has 110 valence electrons. The third-order valence-electron chi connectivity index (χ3n) is 3.07. The number of para-hydroxylation sites is 2. The zero-order valence-electron chi connectivity index (χ0n) is 11.7. The van der Waals surface area contributed by atoms with Gasteiger partial charge in [0, 0.05) is 6.04 Å². The molecule has 21 heavy (non-hydrogen) atoms. The lowest BCUT2D eigenvalue weighted by molar-refractivity contribution is -0.137. The van der Waals surface area contributed by atoms with Gasteiger partial charge < -0.3 is 10.4 Å². The normalized spacial score (nSPS) is 12.0. The average molecular weight is 287 g/mol. The number of amides is 1. The zero-order chi connectivity index (χ0) is 15.2. The largest absolute Gasteiger partial charge is 0.481 e. The topological polar surface area (TPSA) is 92.2 Å². The van der Waals surface area contributed by atoms with Crippen molar-refractivity contribution in [2.24, 2.45) is 0 Å². The molecule has 0 fully saturated rings. The summed E-state index contributed by atoms with van der Waals surface area (Å²) in [5.41, 5.74) is 1.54. The second kappa shape index (κ2) is 6.78. The zero-order valence-corrected chi connectivity index (χ0v) is 11.7. The molecule has 0 saturated carbocycles. The number of fused-ring (bicyclic) bond motifs is 1. The van der Waals surface area contributed by atoms with E-state index in [0.717, 1.165) is 6.42 Å². The van der Waals surface area contributed by atoms with Crippen LogP contribution in [0.2, 0.25) is 0 Å². The van der Waals surface area contributed by atoms with Gasteiger partial charge in [-0.15, -0.1) is 0 Å². The SMILES string of the molecule is CCCC(CC(=O)O)NC(=O)c1cnc2ccccc2n1. The fourth-order valence-electron chi connectivity index (χ4n) is 2.11. The summed E-state index contributed by atoms with van der Waals surface area (Å²) in [5, 5.41) is 11.6. The summed E-state index contributed by atoms with van der Waals surface area (Å²) in [6.07, 6.45) is 2.71. The highest BCUT2D eigenvalue weighted by Crippen LogP contribution is 2.09. The molecule has 6 nitrogen and oxygen atoms in total. The maximum absolute atomic E-state index is 12.1. The van der Waals surface area contributed by atoms with Crippen molar-refractivity contribution in [3.05, 3.63) is 36.2 Å². The second-order valence-corrected chi connectivity index (χ2v) is 4.80. The van der Waals surface area contributed by atoms with E-state index in [4.69, 9.17) is 5.11 Å². The van der Waals surface area contributed by atoms with Crippen molar-refractivity contribution in [2.45, 2.75) is 32.2 Å². The van der Waals surface area contributed by atoms with Crippen molar-refractivity contribution in [3.63, 3.8) is 0 Å². The fourth-order valence-corrected chi connectivity index (χ4v) is 2.11. The highest BCUT2D eigenvalue weighted by atomic mass is 16.4. The minimum absolute atomic E-state index is 0.0966. The van der Waals surface area contributed by atoms with Gasteiger partial charge in [0.15, 0.2) is 0 Å². The number of carboxylic acid groups (broad SMARTS) is 1. The van der Waals surface area contributed by atoms with Crippen LogP contribution in [-0.2, 0) is 4.79 Å². The first-order chi connectivity index (χ1) is 10.1. The Morgan fingerprint density at radius 2 is 2.00 bits per heavy atom. The van der Waals surface area contributed by atoms with Crippen molar-refractivity contribution >= 4 is 22.9 Å². The predicted octanol–water partition coefficient (Wildman–Crippen LogP) is 2.00. The molecule has 0 aliphatic heterocycles. The van der Waals surface area contributed by atoms with Gasteiger partial charge in [0.05, 0.1) is 23.7 Å². The molecule has 1 unspecified atom stereocenters. The lowest BCUT2D eigenvalue weighted by atomic mass is 10.1. The van der Waals surface area contributed by atoms with Gasteiger partial charge >= 0.3 is 5.97 Å². The molecule has 0 aliphatic carbocycles. The molecular weight excluding hydrogens is 270 g/mol. The molecule has 1 atom stereocenters. The fraction of sp³-hybridized carbons (Fsp3) is 0.333. The van der Waals surface area contributed by atoms with E-state index in [1.807, 2.05) is 25.1 Å². The molecule has 0 spiro atoms. The van der Waals surface area contributed by atoms with Crippen LogP contribution in [0.15, 0.2) is 30.5 Å². The summed E-state index contributed by atoms with van der Waals surface area (Å²) in [5.74, 6) is -1.33. The van der Waals surface area contributed by atoms with Crippen LogP contribution in [0.3, 0.4) is 0 Å². The van der Waals surface area contributed by atoms with E-state index in [2.05, 4.69) is 15.3 Å². The van der Waals surface area contributed by atoms with Gasteiger partial charge in [0.1, 0.15) is 5.69 Å². The number of nitrogens with zero attached hydrogens (tertiary/aromatic N) is 2. The van der Waals surface area contributed by atoms with Crippen LogP contribution in [0.1, 0.15) is 36.7 Å². The number of rotatable bonds is 6. The Balaban J connectivity index is 2.14. The monoisotopic (exact) mass is 287 g/mol. The average Bonchev–Trinajstić information content (AvgIpc) is 2.46. The Morgan fingerprint density at radius 3 is 2.67 bits per heavy atom. The highest BCUT2D eigenvalue weighted by Gasteiger charge is 2.17. The van der Waals surface area contributed by atoms with Crippen LogP contribution >= 0.6 is 0 Å². The minimum atomic E-state index is -0.932. The first-order valence-corrected chi connectivity index (χ1v) is 6.84. The first kappa shape index (κ1) is 14.9. The Bertz CT molecular complexity index is 657. The van der Waals surface area contributed by atoms with Crippen molar-refractivity contribution in [1.29, 1.82) is 0 Å². The second-order valence-electron chi connectivity index (χ2n) is 4.80. The maximum Gasteiger partial charge on any atom is 0.305 e. The van der Waals surface area contributed by atoms with Gasteiger partial charge in [0.25, 0.3) is 5.91 Å². The molecule has 2 N–H and O–H groups in total. The van der Waals surface area contributed by atoms with Crippen LogP contribution in [0.4, 0.5) is 0 Å². The number of aromatic nitrogens is 2. The molecule has 1 aromatic carbocycles. The summed E-state index contributed by atoms with van der Waals surface area (Å²) < 4.78 is 0.